The number of nitrogens with zero attached hydrogens (tertiary/aromatic N) is 1. The number of morpholine rings is 1. The number of hydrogen-bond donors (Lipinski definition) is 2. The van der Waals surface area contributed by atoms with Crippen molar-refractivity contribution < 1.29 is 4.74 Å². The summed E-state index contributed by atoms with van der Waals surface area (Å²) >= 11 is 0. The molecule has 0 amide bonds. The minimum absolute atomic E-state index is 0.546. The second-order valence-electron chi connectivity index (χ2n) is 7.67. The van der Waals surface area contributed by atoms with E-state index >= 15 is 0 Å². The highest BCUT2D eigenvalue weighted by molar-refractivity contribution is 5.59. The third kappa shape index (κ3) is 3.32. The summed E-state index contributed by atoms with van der Waals surface area (Å²) in [5.74, 6) is 0.730. The van der Waals surface area contributed by atoms with Gasteiger partial charge < -0.3 is 20.3 Å². The fraction of sp³-hybridized carbons (Fsp3) is 0.700. The second kappa shape index (κ2) is 7.42. The minimum atomic E-state index is 0.546. The highest BCUT2D eigenvalue weighted by Crippen LogP contribution is 2.32. The maximum absolute atomic E-state index is 5.68. The zero-order chi connectivity index (χ0) is 16.4. The Labute approximate surface area is 145 Å². The molecule has 1 aliphatic carbocycles. The quantitative estimate of drug-likeness (QED) is 0.868. The first-order valence-corrected chi connectivity index (χ1v) is 9.72. The predicted octanol–water partition coefficient (Wildman–Crippen LogP) is 2.18. The molecule has 0 spiro atoms. The Bertz CT molecular complexity index is 543. The average Bonchev–Trinajstić information content (AvgIpc) is 3.20. The van der Waals surface area contributed by atoms with Crippen molar-refractivity contribution in [1.29, 1.82) is 0 Å². The van der Waals surface area contributed by atoms with Gasteiger partial charge in [-0.2, -0.15) is 0 Å². The zero-order valence-electron chi connectivity index (χ0n) is 14.8. The van der Waals surface area contributed by atoms with Crippen molar-refractivity contribution in [3.63, 3.8) is 0 Å². The largest absolute Gasteiger partial charge is 0.379 e. The van der Waals surface area contributed by atoms with E-state index in [4.69, 9.17) is 4.74 Å². The van der Waals surface area contributed by atoms with E-state index in [-0.39, 0.29) is 0 Å². The fourth-order valence-corrected chi connectivity index (χ4v) is 4.93. The lowest BCUT2D eigenvalue weighted by Crippen LogP contribution is -2.51. The number of ether oxygens (including phenoxy) is 1. The lowest BCUT2D eigenvalue weighted by molar-refractivity contribution is 0.0526. The van der Waals surface area contributed by atoms with Gasteiger partial charge in [0.1, 0.15) is 0 Å². The van der Waals surface area contributed by atoms with Crippen LogP contribution in [-0.2, 0) is 11.2 Å². The monoisotopic (exact) mass is 329 g/mol. The molecule has 4 nitrogen and oxygen atoms in total. The van der Waals surface area contributed by atoms with E-state index in [1.54, 1.807) is 0 Å². The Morgan fingerprint density at radius 2 is 2.21 bits per heavy atom. The zero-order valence-corrected chi connectivity index (χ0v) is 14.8. The van der Waals surface area contributed by atoms with E-state index in [1.165, 1.54) is 36.9 Å². The van der Waals surface area contributed by atoms with Crippen molar-refractivity contribution in [1.82, 2.24) is 10.6 Å². The van der Waals surface area contributed by atoms with E-state index in [0.717, 1.165) is 38.8 Å². The minimum Gasteiger partial charge on any atom is -0.379 e. The SMILES string of the molecule is CC1Cc2ccccc2N1CCNC1CCCC1C1COCCN1. The summed E-state index contributed by atoms with van der Waals surface area (Å²) in [5, 5.41) is 7.54. The molecule has 24 heavy (non-hydrogen) atoms. The van der Waals surface area contributed by atoms with Gasteiger partial charge in [0.15, 0.2) is 0 Å². The summed E-state index contributed by atoms with van der Waals surface area (Å²) in [6.07, 6.45) is 5.19. The Morgan fingerprint density at radius 1 is 1.29 bits per heavy atom. The molecule has 4 unspecified atom stereocenters. The summed E-state index contributed by atoms with van der Waals surface area (Å²) in [6.45, 7) is 7.30. The first-order chi connectivity index (χ1) is 11.8. The first-order valence-electron chi connectivity index (χ1n) is 9.72. The van der Waals surface area contributed by atoms with Gasteiger partial charge in [0.05, 0.1) is 13.2 Å². The molecule has 0 radical (unpaired) electrons. The Morgan fingerprint density at radius 3 is 3.08 bits per heavy atom. The van der Waals surface area contributed by atoms with Crippen LogP contribution in [0.2, 0.25) is 0 Å². The van der Waals surface area contributed by atoms with Gasteiger partial charge in [0.2, 0.25) is 0 Å². The summed E-state index contributed by atoms with van der Waals surface area (Å²) in [6, 6.07) is 10.7. The number of fused-ring (bicyclic) bond motifs is 1. The molecule has 2 heterocycles. The molecule has 4 heteroatoms. The van der Waals surface area contributed by atoms with Gasteiger partial charge in [0, 0.05) is 43.4 Å². The second-order valence-corrected chi connectivity index (χ2v) is 7.67. The number of benzene rings is 1. The molecular weight excluding hydrogens is 298 g/mol. The van der Waals surface area contributed by atoms with Crippen molar-refractivity contribution in [2.75, 3.05) is 37.7 Å². The number of anilines is 1. The molecule has 0 aromatic heterocycles. The number of para-hydroxylation sites is 1. The first kappa shape index (κ1) is 16.4. The van der Waals surface area contributed by atoms with E-state index in [9.17, 15) is 0 Å². The van der Waals surface area contributed by atoms with Crippen molar-refractivity contribution >= 4 is 5.69 Å². The van der Waals surface area contributed by atoms with Gasteiger partial charge in [0.25, 0.3) is 0 Å². The highest BCUT2D eigenvalue weighted by atomic mass is 16.5. The Kier molecular flexibility index (Phi) is 5.06. The van der Waals surface area contributed by atoms with Gasteiger partial charge in [-0.1, -0.05) is 24.6 Å². The molecule has 1 saturated heterocycles. The number of hydrogen-bond acceptors (Lipinski definition) is 4. The van der Waals surface area contributed by atoms with Crippen molar-refractivity contribution in [2.45, 2.75) is 50.7 Å². The summed E-state index contributed by atoms with van der Waals surface area (Å²) in [5.41, 5.74) is 2.95. The van der Waals surface area contributed by atoms with Crippen LogP contribution in [0.1, 0.15) is 31.7 Å². The van der Waals surface area contributed by atoms with Crippen LogP contribution in [-0.4, -0.2) is 51.0 Å². The third-order valence-electron chi connectivity index (χ3n) is 6.14. The highest BCUT2D eigenvalue weighted by Gasteiger charge is 2.34. The van der Waals surface area contributed by atoms with Crippen LogP contribution in [0.15, 0.2) is 24.3 Å². The number of nitrogens with one attached hydrogen (secondary N) is 2. The Hall–Kier alpha value is -1.10. The molecule has 0 bridgehead atoms. The summed E-state index contributed by atoms with van der Waals surface area (Å²) in [4.78, 5) is 2.58. The van der Waals surface area contributed by atoms with Crippen LogP contribution in [0.3, 0.4) is 0 Å². The molecule has 1 aromatic carbocycles. The normalized spacial score (nSPS) is 33.0. The fourth-order valence-electron chi connectivity index (χ4n) is 4.93. The maximum atomic E-state index is 5.68. The molecule has 1 aromatic rings. The Balaban J connectivity index is 1.30. The van der Waals surface area contributed by atoms with Crippen LogP contribution in [0, 0.1) is 5.92 Å². The van der Waals surface area contributed by atoms with Crippen LogP contribution < -0.4 is 15.5 Å². The molecule has 132 valence electrons. The maximum Gasteiger partial charge on any atom is 0.0623 e. The van der Waals surface area contributed by atoms with Gasteiger partial charge in [-0.05, 0) is 43.7 Å². The molecular formula is C20H31N3O. The van der Waals surface area contributed by atoms with Crippen LogP contribution in [0.4, 0.5) is 5.69 Å². The summed E-state index contributed by atoms with van der Waals surface area (Å²) in [7, 11) is 0. The van der Waals surface area contributed by atoms with E-state index in [0.29, 0.717) is 18.1 Å². The predicted molar refractivity (Wildman–Crippen MR) is 98.7 cm³/mol. The van der Waals surface area contributed by atoms with Gasteiger partial charge >= 0.3 is 0 Å². The lowest BCUT2D eigenvalue weighted by atomic mass is 9.94. The standard InChI is InChI=1S/C20H31N3O/c1-15-13-16-5-2-3-8-20(16)23(15)11-9-21-18-7-4-6-17(18)19-14-24-12-10-22-19/h2-3,5,8,15,17-19,21-22H,4,6-7,9-14H2,1H3. The average molecular weight is 329 g/mol. The molecule has 2 aliphatic heterocycles. The third-order valence-corrected chi connectivity index (χ3v) is 6.14. The van der Waals surface area contributed by atoms with E-state index < -0.39 is 0 Å². The van der Waals surface area contributed by atoms with Gasteiger partial charge in [-0.3, -0.25) is 0 Å². The molecule has 2 fully saturated rings. The van der Waals surface area contributed by atoms with Crippen LogP contribution in [0.5, 0.6) is 0 Å². The summed E-state index contributed by atoms with van der Waals surface area (Å²) < 4.78 is 5.68. The molecule has 3 aliphatic rings. The van der Waals surface area contributed by atoms with Crippen LogP contribution in [0.25, 0.3) is 0 Å². The molecule has 2 N–H and O–H groups in total. The van der Waals surface area contributed by atoms with Crippen molar-refractivity contribution in [2.24, 2.45) is 5.92 Å². The van der Waals surface area contributed by atoms with E-state index in [1.807, 2.05) is 0 Å². The number of rotatable bonds is 5. The van der Waals surface area contributed by atoms with E-state index in [2.05, 4.69) is 46.7 Å². The molecule has 4 atom stereocenters. The lowest BCUT2D eigenvalue weighted by Gasteiger charge is -2.33. The van der Waals surface area contributed by atoms with Crippen molar-refractivity contribution in [3.05, 3.63) is 29.8 Å². The molecule has 4 rings (SSSR count). The van der Waals surface area contributed by atoms with Crippen LogP contribution >= 0.6 is 0 Å². The molecule has 1 saturated carbocycles. The van der Waals surface area contributed by atoms with Gasteiger partial charge in [-0.15, -0.1) is 0 Å². The van der Waals surface area contributed by atoms with Crippen molar-refractivity contribution in [3.8, 4) is 0 Å². The van der Waals surface area contributed by atoms with Gasteiger partial charge in [-0.25, -0.2) is 0 Å². The smallest absolute Gasteiger partial charge is 0.0623 e. The topological polar surface area (TPSA) is 36.5 Å².